The van der Waals surface area contributed by atoms with Gasteiger partial charge in [0.25, 0.3) is 0 Å². The number of aryl methyl sites for hydroxylation is 1. The lowest BCUT2D eigenvalue weighted by molar-refractivity contribution is -0.113. The van der Waals surface area contributed by atoms with Gasteiger partial charge in [-0.15, -0.1) is 10.2 Å². The van der Waals surface area contributed by atoms with Crippen molar-refractivity contribution in [3.8, 4) is 0 Å². The van der Waals surface area contributed by atoms with Crippen LogP contribution in [0.5, 0.6) is 0 Å². The van der Waals surface area contributed by atoms with Crippen molar-refractivity contribution < 1.29 is 9.47 Å². The summed E-state index contributed by atoms with van der Waals surface area (Å²) in [6.07, 6.45) is 1.75. The van der Waals surface area contributed by atoms with Crippen molar-refractivity contribution in [3.63, 3.8) is 0 Å². The van der Waals surface area contributed by atoms with Crippen molar-refractivity contribution in [2.45, 2.75) is 25.7 Å². The Balaban J connectivity index is 2.29. The molecule has 1 aliphatic rings. The Morgan fingerprint density at radius 2 is 2.08 bits per heavy atom. The van der Waals surface area contributed by atoms with E-state index in [-0.39, 0.29) is 6.29 Å². The van der Waals surface area contributed by atoms with E-state index in [4.69, 9.17) is 9.47 Å². The van der Waals surface area contributed by atoms with Crippen LogP contribution in [-0.4, -0.2) is 29.0 Å². The van der Waals surface area contributed by atoms with Crippen molar-refractivity contribution in [2.75, 3.05) is 14.2 Å². The Morgan fingerprint density at radius 1 is 1.31 bits per heavy atom. The molecule has 0 unspecified atom stereocenters. The van der Waals surface area contributed by atoms with Crippen molar-refractivity contribution in [1.29, 1.82) is 0 Å². The quantitative estimate of drug-likeness (QED) is 0.641. The molecule has 5 heteroatoms. The Bertz CT molecular complexity index is 294. The number of rotatable bonds is 3. The second-order valence-electron chi connectivity index (χ2n) is 3.03. The molecule has 2 heterocycles. The van der Waals surface area contributed by atoms with Gasteiger partial charge in [0, 0.05) is 27.2 Å². The van der Waals surface area contributed by atoms with Crippen LogP contribution in [-0.2, 0) is 22.4 Å². The number of hydrogen-bond donors (Lipinski definition) is 0. The number of hydrogen-bond acceptors (Lipinski definition) is 4. The number of aromatic nitrogens is 3. The monoisotopic (exact) mass is 183 g/mol. The van der Waals surface area contributed by atoms with Crippen LogP contribution in [0.4, 0.5) is 0 Å². The summed E-state index contributed by atoms with van der Waals surface area (Å²) in [5.41, 5.74) is 0. The largest absolute Gasteiger partial charge is 0.349 e. The van der Waals surface area contributed by atoms with Gasteiger partial charge in [-0.1, -0.05) is 0 Å². The average Bonchev–Trinajstić information content (AvgIpc) is 2.70. The van der Waals surface area contributed by atoms with Crippen molar-refractivity contribution in [3.05, 3.63) is 11.6 Å². The molecule has 0 saturated carbocycles. The smallest absolute Gasteiger partial charge is 0.218 e. The van der Waals surface area contributed by atoms with Gasteiger partial charge in [0.2, 0.25) is 6.29 Å². The Morgan fingerprint density at radius 3 is 2.77 bits per heavy atom. The molecule has 0 radical (unpaired) electrons. The SMILES string of the molecule is COC(OC)c1nnc2n1CCC2. The standard InChI is InChI=1S/C8H13N3O2/c1-12-8(13-2)7-10-9-6-4-3-5-11(6)7/h8H,3-5H2,1-2H3. The van der Waals surface area contributed by atoms with E-state index in [1.165, 1.54) is 0 Å². The molecule has 2 rings (SSSR count). The van der Waals surface area contributed by atoms with E-state index in [1.807, 2.05) is 0 Å². The van der Waals surface area contributed by atoms with Gasteiger partial charge in [-0.2, -0.15) is 0 Å². The van der Waals surface area contributed by atoms with Crippen LogP contribution in [0.15, 0.2) is 0 Å². The van der Waals surface area contributed by atoms with Gasteiger partial charge < -0.3 is 14.0 Å². The number of ether oxygens (including phenoxy) is 2. The predicted octanol–water partition coefficient (Wildman–Crippen LogP) is 0.516. The highest BCUT2D eigenvalue weighted by molar-refractivity contribution is 5.01. The normalized spacial score (nSPS) is 15.3. The highest BCUT2D eigenvalue weighted by atomic mass is 16.7. The minimum Gasteiger partial charge on any atom is -0.349 e. The molecule has 72 valence electrons. The number of nitrogens with zero attached hydrogens (tertiary/aromatic N) is 3. The minimum absolute atomic E-state index is 0.389. The van der Waals surface area contributed by atoms with Crippen LogP contribution < -0.4 is 0 Å². The van der Waals surface area contributed by atoms with Crippen molar-refractivity contribution >= 4 is 0 Å². The molecule has 0 saturated heterocycles. The molecule has 1 aliphatic heterocycles. The third-order valence-corrected chi connectivity index (χ3v) is 2.28. The Kier molecular flexibility index (Phi) is 2.28. The zero-order valence-electron chi connectivity index (χ0n) is 7.86. The third-order valence-electron chi connectivity index (χ3n) is 2.28. The second-order valence-corrected chi connectivity index (χ2v) is 3.03. The zero-order chi connectivity index (χ0) is 9.26. The van der Waals surface area contributed by atoms with Gasteiger partial charge >= 0.3 is 0 Å². The first-order valence-corrected chi connectivity index (χ1v) is 4.34. The summed E-state index contributed by atoms with van der Waals surface area (Å²) >= 11 is 0. The molecular weight excluding hydrogens is 170 g/mol. The van der Waals surface area contributed by atoms with Gasteiger partial charge in [0.05, 0.1) is 0 Å². The molecule has 0 N–H and O–H groups in total. The van der Waals surface area contributed by atoms with E-state index >= 15 is 0 Å². The summed E-state index contributed by atoms with van der Waals surface area (Å²) < 4.78 is 12.3. The van der Waals surface area contributed by atoms with E-state index in [2.05, 4.69) is 14.8 Å². The fourth-order valence-electron chi connectivity index (χ4n) is 1.65. The molecule has 0 atom stereocenters. The summed E-state index contributed by atoms with van der Waals surface area (Å²) in [5.74, 6) is 1.81. The fraction of sp³-hybridized carbons (Fsp3) is 0.750. The van der Waals surface area contributed by atoms with E-state index in [9.17, 15) is 0 Å². The first-order valence-electron chi connectivity index (χ1n) is 4.34. The van der Waals surface area contributed by atoms with Gasteiger partial charge in [-0.3, -0.25) is 0 Å². The van der Waals surface area contributed by atoms with Crippen LogP contribution >= 0.6 is 0 Å². The Hall–Kier alpha value is -0.940. The van der Waals surface area contributed by atoms with Gasteiger partial charge in [-0.25, -0.2) is 0 Å². The summed E-state index contributed by atoms with van der Waals surface area (Å²) in [7, 11) is 3.20. The number of fused-ring (bicyclic) bond motifs is 1. The summed E-state index contributed by atoms with van der Waals surface area (Å²) in [4.78, 5) is 0. The molecule has 5 nitrogen and oxygen atoms in total. The molecule has 0 spiro atoms. The van der Waals surface area contributed by atoms with Gasteiger partial charge in [0.1, 0.15) is 5.82 Å². The molecule has 0 fully saturated rings. The molecule has 13 heavy (non-hydrogen) atoms. The molecule has 0 aromatic carbocycles. The predicted molar refractivity (Wildman–Crippen MR) is 45.1 cm³/mol. The van der Waals surface area contributed by atoms with Gasteiger partial charge in [0.15, 0.2) is 5.82 Å². The minimum atomic E-state index is -0.389. The molecule has 0 amide bonds. The first-order chi connectivity index (χ1) is 6.36. The summed E-state index contributed by atoms with van der Waals surface area (Å²) in [5, 5.41) is 8.11. The van der Waals surface area contributed by atoms with Crippen molar-refractivity contribution in [2.24, 2.45) is 0 Å². The van der Waals surface area contributed by atoms with Crippen LogP contribution in [0, 0.1) is 0 Å². The number of methoxy groups -OCH3 is 2. The maximum atomic E-state index is 5.12. The van der Waals surface area contributed by atoms with Crippen LogP contribution in [0.3, 0.4) is 0 Å². The molecule has 1 aromatic heterocycles. The maximum Gasteiger partial charge on any atom is 0.218 e. The van der Waals surface area contributed by atoms with Crippen LogP contribution in [0.25, 0.3) is 0 Å². The van der Waals surface area contributed by atoms with E-state index in [0.717, 1.165) is 31.0 Å². The third kappa shape index (κ3) is 1.34. The highest BCUT2D eigenvalue weighted by Crippen LogP contribution is 2.21. The average molecular weight is 183 g/mol. The lowest BCUT2D eigenvalue weighted by Crippen LogP contribution is -2.11. The van der Waals surface area contributed by atoms with E-state index in [0.29, 0.717) is 0 Å². The lowest BCUT2D eigenvalue weighted by atomic mass is 10.4. The van der Waals surface area contributed by atoms with Crippen LogP contribution in [0.1, 0.15) is 24.4 Å². The zero-order valence-corrected chi connectivity index (χ0v) is 7.86. The van der Waals surface area contributed by atoms with E-state index in [1.54, 1.807) is 14.2 Å². The van der Waals surface area contributed by atoms with Crippen molar-refractivity contribution in [1.82, 2.24) is 14.8 Å². The highest BCUT2D eigenvalue weighted by Gasteiger charge is 2.23. The second kappa shape index (κ2) is 3.43. The van der Waals surface area contributed by atoms with Crippen LogP contribution in [0.2, 0.25) is 0 Å². The van der Waals surface area contributed by atoms with E-state index < -0.39 is 0 Å². The molecular formula is C8H13N3O2. The van der Waals surface area contributed by atoms with Gasteiger partial charge in [-0.05, 0) is 6.42 Å². The lowest BCUT2D eigenvalue weighted by Gasteiger charge is -2.12. The fourth-order valence-corrected chi connectivity index (χ4v) is 1.65. The first kappa shape index (κ1) is 8.65. The molecule has 1 aromatic rings. The Labute approximate surface area is 76.7 Å². The maximum absolute atomic E-state index is 5.12. The molecule has 0 bridgehead atoms. The summed E-state index contributed by atoms with van der Waals surface area (Å²) in [6, 6.07) is 0. The topological polar surface area (TPSA) is 49.2 Å². The molecule has 0 aliphatic carbocycles. The summed E-state index contributed by atoms with van der Waals surface area (Å²) in [6.45, 7) is 0.973.